The Morgan fingerprint density at radius 2 is 1.81 bits per heavy atom. The van der Waals surface area contributed by atoms with Crippen LogP contribution in [0, 0.1) is 5.82 Å². The summed E-state index contributed by atoms with van der Waals surface area (Å²) in [5.74, 6) is 1.20. The highest BCUT2D eigenvalue weighted by Gasteiger charge is 2.35. The molecule has 1 aliphatic heterocycles. The van der Waals surface area contributed by atoms with Crippen LogP contribution in [0.25, 0.3) is 17.2 Å². The van der Waals surface area contributed by atoms with Gasteiger partial charge in [-0.25, -0.2) is 19.0 Å². The lowest BCUT2D eigenvalue weighted by atomic mass is 10.1. The topological polar surface area (TPSA) is 76.4 Å². The average Bonchev–Trinajstić information content (AvgIpc) is 3.70. The summed E-state index contributed by atoms with van der Waals surface area (Å²) in [5, 5.41) is 4.58. The van der Waals surface area contributed by atoms with Crippen molar-refractivity contribution in [1.29, 1.82) is 0 Å². The van der Waals surface area contributed by atoms with Gasteiger partial charge in [-0.15, -0.1) is 0 Å². The number of carbonyl (C=O) groups excluding carboxylic acids is 1. The number of aromatic nitrogens is 4. The molecule has 1 saturated carbocycles. The molecule has 37 heavy (non-hydrogen) atoms. The molecule has 2 aromatic heterocycles. The highest BCUT2D eigenvalue weighted by atomic mass is 19.1. The molecule has 0 spiro atoms. The largest absolute Gasteiger partial charge is 0.497 e. The second-order valence-electron chi connectivity index (χ2n) is 9.36. The van der Waals surface area contributed by atoms with Gasteiger partial charge in [0.2, 0.25) is 0 Å². The van der Waals surface area contributed by atoms with E-state index in [4.69, 9.17) is 9.72 Å². The number of halogens is 1. The molecule has 0 radical (unpaired) electrons. The number of rotatable bonds is 6. The van der Waals surface area contributed by atoms with E-state index in [2.05, 4.69) is 15.0 Å². The lowest BCUT2D eigenvalue weighted by Gasteiger charge is -2.36. The third kappa shape index (κ3) is 4.64. The van der Waals surface area contributed by atoms with Crippen LogP contribution in [0.5, 0.6) is 5.75 Å². The highest BCUT2D eigenvalue weighted by Crippen LogP contribution is 2.42. The van der Waals surface area contributed by atoms with Crippen molar-refractivity contribution in [3.8, 4) is 23.0 Å². The minimum atomic E-state index is -0.250. The quantitative estimate of drug-likeness (QED) is 0.394. The predicted molar refractivity (Wildman–Crippen MR) is 138 cm³/mol. The van der Waals surface area contributed by atoms with E-state index in [1.54, 1.807) is 36.3 Å². The van der Waals surface area contributed by atoms with Gasteiger partial charge >= 0.3 is 0 Å². The molecule has 0 atom stereocenters. The lowest BCUT2D eigenvalue weighted by molar-refractivity contribution is 0.0745. The SMILES string of the molecule is COc1cccc(-c2ccnc(-n3ncc(C(=O)N4CCN(c5ccc(F)cc5)CC4)c3C3CC3)n2)c1. The average molecular weight is 499 g/mol. The Morgan fingerprint density at radius 1 is 1.03 bits per heavy atom. The molecule has 188 valence electrons. The van der Waals surface area contributed by atoms with E-state index in [-0.39, 0.29) is 17.6 Å². The minimum absolute atomic E-state index is 0.0177. The zero-order valence-electron chi connectivity index (χ0n) is 20.5. The van der Waals surface area contributed by atoms with Gasteiger partial charge in [0.25, 0.3) is 11.9 Å². The van der Waals surface area contributed by atoms with Crippen molar-refractivity contribution in [2.45, 2.75) is 18.8 Å². The molecule has 2 aromatic carbocycles. The summed E-state index contributed by atoms with van der Waals surface area (Å²) >= 11 is 0. The summed E-state index contributed by atoms with van der Waals surface area (Å²) in [6.45, 7) is 2.56. The lowest BCUT2D eigenvalue weighted by Crippen LogP contribution is -2.49. The fourth-order valence-corrected chi connectivity index (χ4v) is 4.82. The minimum Gasteiger partial charge on any atom is -0.497 e. The molecule has 0 unspecified atom stereocenters. The van der Waals surface area contributed by atoms with Crippen molar-refractivity contribution in [2.75, 3.05) is 38.2 Å². The summed E-state index contributed by atoms with van der Waals surface area (Å²) in [6, 6.07) is 16.1. The zero-order valence-corrected chi connectivity index (χ0v) is 20.5. The van der Waals surface area contributed by atoms with Gasteiger partial charge in [-0.2, -0.15) is 5.10 Å². The smallest absolute Gasteiger partial charge is 0.257 e. The Hall–Kier alpha value is -4.27. The van der Waals surface area contributed by atoms with Crippen LogP contribution in [0.1, 0.15) is 34.8 Å². The van der Waals surface area contributed by atoms with Gasteiger partial charge < -0.3 is 14.5 Å². The molecule has 1 amide bonds. The number of hydrogen-bond acceptors (Lipinski definition) is 6. The maximum Gasteiger partial charge on any atom is 0.257 e. The third-order valence-corrected chi connectivity index (χ3v) is 6.96. The van der Waals surface area contributed by atoms with E-state index in [9.17, 15) is 9.18 Å². The van der Waals surface area contributed by atoms with Crippen LogP contribution >= 0.6 is 0 Å². The first-order chi connectivity index (χ1) is 18.1. The Balaban J connectivity index is 1.24. The molecule has 6 rings (SSSR count). The molecular formula is C28H27FN6O2. The van der Waals surface area contributed by atoms with Crippen LogP contribution in [0.15, 0.2) is 67.0 Å². The number of methoxy groups -OCH3 is 1. The highest BCUT2D eigenvalue weighted by molar-refractivity contribution is 5.95. The number of anilines is 1. The molecule has 0 bridgehead atoms. The molecule has 0 N–H and O–H groups in total. The first-order valence-corrected chi connectivity index (χ1v) is 12.5. The van der Waals surface area contributed by atoms with E-state index in [1.807, 2.05) is 35.2 Å². The van der Waals surface area contributed by atoms with E-state index in [0.717, 1.165) is 41.2 Å². The number of benzene rings is 2. The second-order valence-corrected chi connectivity index (χ2v) is 9.36. The Labute approximate surface area is 214 Å². The molecule has 2 fully saturated rings. The maximum absolute atomic E-state index is 13.6. The van der Waals surface area contributed by atoms with Gasteiger partial charge in [-0.05, 0) is 55.3 Å². The van der Waals surface area contributed by atoms with Gasteiger partial charge in [0.15, 0.2) is 0 Å². The molecule has 1 saturated heterocycles. The number of carbonyl (C=O) groups is 1. The van der Waals surface area contributed by atoms with Crippen molar-refractivity contribution >= 4 is 11.6 Å². The van der Waals surface area contributed by atoms with E-state index in [0.29, 0.717) is 37.7 Å². The summed E-state index contributed by atoms with van der Waals surface area (Å²) in [4.78, 5) is 26.9. The van der Waals surface area contributed by atoms with Crippen LogP contribution in [0.2, 0.25) is 0 Å². The van der Waals surface area contributed by atoms with Gasteiger partial charge in [0.05, 0.1) is 30.3 Å². The summed E-state index contributed by atoms with van der Waals surface area (Å²) in [7, 11) is 1.64. The van der Waals surface area contributed by atoms with Gasteiger partial charge in [-0.3, -0.25) is 4.79 Å². The van der Waals surface area contributed by atoms with Crippen LogP contribution < -0.4 is 9.64 Å². The zero-order chi connectivity index (χ0) is 25.4. The summed E-state index contributed by atoms with van der Waals surface area (Å²) in [5.41, 5.74) is 4.14. The molecule has 8 nitrogen and oxygen atoms in total. The van der Waals surface area contributed by atoms with Crippen molar-refractivity contribution in [2.24, 2.45) is 0 Å². The summed E-state index contributed by atoms with van der Waals surface area (Å²) < 4.78 is 20.4. The summed E-state index contributed by atoms with van der Waals surface area (Å²) in [6.07, 6.45) is 5.40. The first kappa shape index (κ1) is 23.1. The second kappa shape index (κ2) is 9.65. The standard InChI is InChI=1S/C28H27FN6O2/c1-37-23-4-2-3-20(17-23)25-11-12-30-28(32-25)35-26(19-5-6-19)24(18-31-35)27(36)34-15-13-33(14-16-34)22-9-7-21(29)8-10-22/h2-4,7-12,17-19H,5-6,13-16H2,1H3. The van der Waals surface area contributed by atoms with E-state index < -0.39 is 0 Å². The van der Waals surface area contributed by atoms with E-state index in [1.165, 1.54) is 12.1 Å². The van der Waals surface area contributed by atoms with Crippen molar-refractivity contribution in [1.82, 2.24) is 24.6 Å². The van der Waals surface area contributed by atoms with Crippen molar-refractivity contribution in [3.05, 3.63) is 84.1 Å². The first-order valence-electron chi connectivity index (χ1n) is 12.5. The maximum atomic E-state index is 13.6. The van der Waals surface area contributed by atoms with Crippen LogP contribution in [-0.4, -0.2) is 63.8 Å². The molecule has 3 heterocycles. The van der Waals surface area contributed by atoms with Crippen LogP contribution in [-0.2, 0) is 0 Å². The number of ether oxygens (including phenoxy) is 1. The number of piperazine rings is 1. The molecule has 2 aliphatic rings. The third-order valence-electron chi connectivity index (χ3n) is 6.96. The van der Waals surface area contributed by atoms with Crippen LogP contribution in [0.4, 0.5) is 10.1 Å². The molecule has 9 heteroatoms. The monoisotopic (exact) mass is 498 g/mol. The number of hydrogen-bond donors (Lipinski definition) is 0. The van der Waals surface area contributed by atoms with Gasteiger partial charge in [0.1, 0.15) is 11.6 Å². The van der Waals surface area contributed by atoms with Crippen molar-refractivity contribution < 1.29 is 13.9 Å². The number of nitrogens with zero attached hydrogens (tertiary/aromatic N) is 6. The van der Waals surface area contributed by atoms with Gasteiger partial charge in [-0.1, -0.05) is 12.1 Å². The fourth-order valence-electron chi connectivity index (χ4n) is 4.82. The predicted octanol–water partition coefficient (Wildman–Crippen LogP) is 4.32. The molecular weight excluding hydrogens is 471 g/mol. The number of amides is 1. The van der Waals surface area contributed by atoms with Crippen LogP contribution in [0.3, 0.4) is 0 Å². The Morgan fingerprint density at radius 3 is 2.54 bits per heavy atom. The fraction of sp³-hybridized carbons (Fsp3) is 0.286. The van der Waals surface area contributed by atoms with Crippen molar-refractivity contribution in [3.63, 3.8) is 0 Å². The molecule has 1 aliphatic carbocycles. The Kier molecular flexibility index (Phi) is 6.04. The Bertz CT molecular complexity index is 1420. The van der Waals surface area contributed by atoms with Gasteiger partial charge in [0, 0.05) is 49.5 Å². The molecule has 4 aromatic rings. The normalized spacial score (nSPS) is 15.6. The van der Waals surface area contributed by atoms with E-state index >= 15 is 0 Å².